The minimum Gasteiger partial charge on any atom is -0.487 e. The Balaban J connectivity index is 1.58. The molecular weight excluding hydrogens is 317 g/mol. The van der Waals surface area contributed by atoms with Crippen LogP contribution in [0.1, 0.15) is 24.2 Å². The van der Waals surface area contributed by atoms with Crippen LogP contribution >= 0.6 is 11.6 Å². The summed E-state index contributed by atoms with van der Waals surface area (Å²) in [5.74, 6) is 1.83. The van der Waals surface area contributed by atoms with Crippen LogP contribution < -0.4 is 4.74 Å². The van der Waals surface area contributed by atoms with Crippen molar-refractivity contribution in [2.75, 3.05) is 0 Å². The van der Waals surface area contributed by atoms with Crippen molar-refractivity contribution >= 4 is 17.2 Å². The van der Waals surface area contributed by atoms with Crippen molar-refractivity contribution in [1.29, 1.82) is 0 Å². The van der Waals surface area contributed by atoms with Crippen LogP contribution in [0.3, 0.4) is 0 Å². The maximum atomic E-state index is 13.6. The molecule has 6 heteroatoms. The van der Waals surface area contributed by atoms with Crippen LogP contribution in [-0.4, -0.2) is 14.6 Å². The van der Waals surface area contributed by atoms with E-state index in [1.54, 1.807) is 24.3 Å². The van der Waals surface area contributed by atoms with E-state index >= 15 is 0 Å². The molecule has 1 aromatic carbocycles. The Labute approximate surface area is 137 Å². The first-order valence-electron chi connectivity index (χ1n) is 7.60. The molecule has 118 valence electrons. The van der Waals surface area contributed by atoms with E-state index < -0.39 is 0 Å². The molecule has 3 aromatic rings. The van der Waals surface area contributed by atoms with Crippen molar-refractivity contribution in [3.63, 3.8) is 0 Å². The number of fused-ring (bicyclic) bond motifs is 1. The zero-order valence-electron chi connectivity index (χ0n) is 12.4. The molecular formula is C17H15ClFN3O. The van der Waals surface area contributed by atoms with Crippen LogP contribution in [0.4, 0.5) is 4.39 Å². The molecule has 0 spiro atoms. The fraction of sp³-hybridized carbons (Fsp3) is 0.294. The van der Waals surface area contributed by atoms with Gasteiger partial charge in [-0.1, -0.05) is 29.8 Å². The predicted octanol–water partition coefficient (Wildman–Crippen LogP) is 4.05. The Morgan fingerprint density at radius 2 is 2.04 bits per heavy atom. The third kappa shape index (κ3) is 2.88. The molecule has 0 radical (unpaired) electrons. The molecule has 0 unspecified atom stereocenters. The molecule has 0 atom stereocenters. The molecule has 0 saturated heterocycles. The molecule has 2 heterocycles. The minimum atomic E-state index is -0.293. The summed E-state index contributed by atoms with van der Waals surface area (Å²) in [5, 5.41) is 8.78. The Bertz CT molecular complexity index is 860. The second-order valence-electron chi connectivity index (χ2n) is 5.83. The van der Waals surface area contributed by atoms with Crippen LogP contribution in [-0.2, 0) is 13.0 Å². The smallest absolute Gasteiger partial charge is 0.183 e. The Morgan fingerprint density at radius 1 is 1.22 bits per heavy atom. The third-order valence-electron chi connectivity index (χ3n) is 4.06. The van der Waals surface area contributed by atoms with E-state index in [1.807, 2.05) is 10.6 Å². The number of hydrogen-bond acceptors (Lipinski definition) is 3. The van der Waals surface area contributed by atoms with Gasteiger partial charge in [-0.3, -0.25) is 4.40 Å². The molecule has 0 bridgehead atoms. The molecule has 4 rings (SSSR count). The summed E-state index contributed by atoms with van der Waals surface area (Å²) < 4.78 is 21.2. The van der Waals surface area contributed by atoms with Crippen molar-refractivity contribution in [2.24, 2.45) is 5.92 Å². The summed E-state index contributed by atoms with van der Waals surface area (Å²) in [6, 6.07) is 8.29. The standard InChI is InChI=1S/C17H15ClFN3O/c18-16-14(23-10-12-3-1-2-4-13(12)19)7-8-22-15(9-11-5-6-11)20-21-17(16)22/h1-4,7-8,11H,5-6,9-10H2. The van der Waals surface area contributed by atoms with E-state index in [0.717, 1.165) is 18.2 Å². The van der Waals surface area contributed by atoms with Gasteiger partial charge in [-0.2, -0.15) is 0 Å². The maximum absolute atomic E-state index is 13.6. The quantitative estimate of drug-likeness (QED) is 0.708. The number of ether oxygens (including phenoxy) is 1. The second kappa shape index (κ2) is 5.81. The van der Waals surface area contributed by atoms with E-state index in [-0.39, 0.29) is 12.4 Å². The fourth-order valence-corrected chi connectivity index (χ4v) is 2.80. The lowest BCUT2D eigenvalue weighted by Crippen LogP contribution is -2.01. The third-order valence-corrected chi connectivity index (χ3v) is 4.42. The zero-order valence-corrected chi connectivity index (χ0v) is 13.1. The monoisotopic (exact) mass is 331 g/mol. The summed E-state index contributed by atoms with van der Waals surface area (Å²) in [6.45, 7) is 0.117. The highest BCUT2D eigenvalue weighted by Crippen LogP contribution is 2.34. The Kier molecular flexibility index (Phi) is 3.65. The van der Waals surface area contributed by atoms with Gasteiger partial charge in [0.05, 0.1) is 0 Å². The molecule has 2 aromatic heterocycles. The van der Waals surface area contributed by atoms with Crippen molar-refractivity contribution < 1.29 is 9.13 Å². The first-order chi connectivity index (χ1) is 11.2. The fourth-order valence-electron chi connectivity index (χ4n) is 2.56. The molecule has 23 heavy (non-hydrogen) atoms. The van der Waals surface area contributed by atoms with Crippen LogP contribution in [0.2, 0.25) is 5.02 Å². The first-order valence-corrected chi connectivity index (χ1v) is 7.98. The number of hydrogen-bond donors (Lipinski definition) is 0. The van der Waals surface area contributed by atoms with Gasteiger partial charge in [0.1, 0.15) is 29.0 Å². The lowest BCUT2D eigenvalue weighted by atomic mass is 10.2. The summed E-state index contributed by atoms with van der Waals surface area (Å²) >= 11 is 6.37. The van der Waals surface area contributed by atoms with Crippen LogP contribution in [0.15, 0.2) is 36.5 Å². The van der Waals surface area contributed by atoms with Gasteiger partial charge in [0.25, 0.3) is 0 Å². The normalized spacial score (nSPS) is 14.3. The number of benzene rings is 1. The predicted molar refractivity (Wildman–Crippen MR) is 85.2 cm³/mol. The van der Waals surface area contributed by atoms with Gasteiger partial charge >= 0.3 is 0 Å². The van der Waals surface area contributed by atoms with Gasteiger partial charge in [-0.25, -0.2) is 4.39 Å². The average molecular weight is 332 g/mol. The van der Waals surface area contributed by atoms with Gasteiger partial charge in [0.2, 0.25) is 0 Å². The van der Waals surface area contributed by atoms with E-state index in [1.165, 1.54) is 18.9 Å². The minimum absolute atomic E-state index is 0.117. The van der Waals surface area contributed by atoms with E-state index in [9.17, 15) is 4.39 Å². The van der Waals surface area contributed by atoms with Crippen LogP contribution in [0, 0.1) is 11.7 Å². The summed E-state index contributed by atoms with van der Waals surface area (Å²) in [4.78, 5) is 0. The number of rotatable bonds is 5. The van der Waals surface area contributed by atoms with Gasteiger partial charge in [0.15, 0.2) is 5.65 Å². The lowest BCUT2D eigenvalue weighted by molar-refractivity contribution is 0.300. The highest BCUT2D eigenvalue weighted by Gasteiger charge is 2.24. The van der Waals surface area contributed by atoms with E-state index in [0.29, 0.717) is 22.0 Å². The van der Waals surface area contributed by atoms with Crippen molar-refractivity contribution in [3.8, 4) is 5.75 Å². The van der Waals surface area contributed by atoms with Gasteiger partial charge in [-0.05, 0) is 30.9 Å². The highest BCUT2D eigenvalue weighted by atomic mass is 35.5. The first kappa shape index (κ1) is 14.5. The van der Waals surface area contributed by atoms with Gasteiger partial charge in [-0.15, -0.1) is 10.2 Å². The number of pyridine rings is 1. The second-order valence-corrected chi connectivity index (χ2v) is 6.21. The molecule has 0 aliphatic heterocycles. The maximum Gasteiger partial charge on any atom is 0.183 e. The molecule has 1 aliphatic carbocycles. The van der Waals surface area contributed by atoms with Gasteiger partial charge < -0.3 is 4.74 Å². The SMILES string of the molecule is Fc1ccccc1COc1ccn2c(CC3CC3)nnc2c1Cl. The van der Waals surface area contributed by atoms with Crippen LogP contribution in [0.5, 0.6) is 5.75 Å². The van der Waals surface area contributed by atoms with Crippen molar-refractivity contribution in [3.05, 3.63) is 58.8 Å². The summed E-state index contributed by atoms with van der Waals surface area (Å²) in [6.07, 6.45) is 5.29. The molecule has 1 aliphatic rings. The largest absolute Gasteiger partial charge is 0.487 e. The van der Waals surface area contributed by atoms with Crippen molar-refractivity contribution in [1.82, 2.24) is 14.6 Å². The van der Waals surface area contributed by atoms with Crippen molar-refractivity contribution in [2.45, 2.75) is 25.9 Å². The number of nitrogens with zero attached hydrogens (tertiary/aromatic N) is 3. The van der Waals surface area contributed by atoms with Crippen LogP contribution in [0.25, 0.3) is 5.65 Å². The zero-order chi connectivity index (χ0) is 15.8. The molecule has 4 nitrogen and oxygen atoms in total. The molecule has 1 fully saturated rings. The topological polar surface area (TPSA) is 39.4 Å². The molecule has 0 amide bonds. The Hall–Kier alpha value is -2.14. The molecule has 1 saturated carbocycles. The summed E-state index contributed by atoms with van der Waals surface area (Å²) in [5.41, 5.74) is 1.06. The van der Waals surface area contributed by atoms with E-state index in [2.05, 4.69) is 10.2 Å². The summed E-state index contributed by atoms with van der Waals surface area (Å²) in [7, 11) is 0. The lowest BCUT2D eigenvalue weighted by Gasteiger charge is -2.09. The molecule has 0 N–H and O–H groups in total. The van der Waals surface area contributed by atoms with Gasteiger partial charge in [0, 0.05) is 18.2 Å². The highest BCUT2D eigenvalue weighted by molar-refractivity contribution is 6.34. The van der Waals surface area contributed by atoms with E-state index in [4.69, 9.17) is 16.3 Å². The average Bonchev–Trinajstić information content (AvgIpc) is 3.27. The number of aromatic nitrogens is 3. The number of halogens is 2. The Morgan fingerprint density at radius 3 is 2.83 bits per heavy atom.